The normalized spacial score (nSPS) is 11.1. The van der Waals surface area contributed by atoms with Gasteiger partial charge < -0.3 is 9.67 Å². The predicted octanol–water partition coefficient (Wildman–Crippen LogP) is 2.72. The van der Waals surface area contributed by atoms with Gasteiger partial charge in [-0.3, -0.25) is 0 Å². The number of rotatable bonds is 4. The van der Waals surface area contributed by atoms with Crippen molar-refractivity contribution in [2.24, 2.45) is 0 Å². The molecule has 0 saturated heterocycles. The summed E-state index contributed by atoms with van der Waals surface area (Å²) >= 11 is 0. The second-order valence-corrected chi connectivity index (χ2v) is 4.00. The van der Waals surface area contributed by atoms with Crippen molar-refractivity contribution >= 4 is 10.9 Å². The third-order valence-electron chi connectivity index (χ3n) is 2.74. The molecule has 1 N–H and O–H groups in total. The first-order chi connectivity index (χ1) is 7.31. The van der Waals surface area contributed by atoms with Crippen LogP contribution in [0.15, 0.2) is 30.5 Å². The summed E-state index contributed by atoms with van der Waals surface area (Å²) in [5, 5.41) is 10.0. The van der Waals surface area contributed by atoms with Crippen molar-refractivity contribution in [2.75, 3.05) is 6.61 Å². The van der Waals surface area contributed by atoms with Gasteiger partial charge in [0.2, 0.25) is 0 Å². The van der Waals surface area contributed by atoms with Crippen LogP contribution < -0.4 is 0 Å². The van der Waals surface area contributed by atoms with Gasteiger partial charge in [0.15, 0.2) is 0 Å². The van der Waals surface area contributed by atoms with Crippen molar-refractivity contribution in [3.8, 4) is 0 Å². The molecule has 0 amide bonds. The van der Waals surface area contributed by atoms with E-state index in [0.717, 1.165) is 19.4 Å². The van der Waals surface area contributed by atoms with E-state index in [1.807, 2.05) is 0 Å². The molecule has 0 saturated carbocycles. The number of aryl methyl sites for hydroxylation is 2. The minimum atomic E-state index is 0.290. The maximum absolute atomic E-state index is 8.74. The van der Waals surface area contributed by atoms with Crippen molar-refractivity contribution in [1.29, 1.82) is 0 Å². The molecular formula is C13H17NO. The van der Waals surface area contributed by atoms with Crippen molar-refractivity contribution in [3.05, 3.63) is 36.0 Å². The lowest BCUT2D eigenvalue weighted by atomic mass is 10.2. The van der Waals surface area contributed by atoms with E-state index in [1.54, 1.807) is 0 Å². The Labute approximate surface area is 90.2 Å². The molecule has 2 aromatic rings. The SMILES string of the molecule is Cc1ccc2ccn(CCCCO)c2c1. The van der Waals surface area contributed by atoms with Crippen LogP contribution in [-0.2, 0) is 6.54 Å². The van der Waals surface area contributed by atoms with Crippen LogP contribution in [0.5, 0.6) is 0 Å². The Balaban J connectivity index is 2.23. The Morgan fingerprint density at radius 1 is 1.20 bits per heavy atom. The molecule has 0 unspecified atom stereocenters. The molecule has 2 heteroatoms. The Kier molecular flexibility index (Phi) is 3.07. The Bertz CT molecular complexity index is 445. The summed E-state index contributed by atoms with van der Waals surface area (Å²) in [5.74, 6) is 0. The molecule has 0 aliphatic rings. The second-order valence-electron chi connectivity index (χ2n) is 4.00. The fourth-order valence-electron chi connectivity index (χ4n) is 1.88. The molecule has 1 aromatic carbocycles. The molecule has 15 heavy (non-hydrogen) atoms. The van der Waals surface area contributed by atoms with E-state index in [2.05, 4.69) is 42.0 Å². The minimum Gasteiger partial charge on any atom is -0.396 e. The number of nitrogens with zero attached hydrogens (tertiary/aromatic N) is 1. The van der Waals surface area contributed by atoms with Crippen molar-refractivity contribution in [1.82, 2.24) is 4.57 Å². The van der Waals surface area contributed by atoms with E-state index < -0.39 is 0 Å². The molecule has 0 aliphatic carbocycles. The zero-order chi connectivity index (χ0) is 10.7. The number of aliphatic hydroxyl groups excluding tert-OH is 1. The molecule has 80 valence electrons. The Hall–Kier alpha value is -1.28. The van der Waals surface area contributed by atoms with Gasteiger partial charge in [0.05, 0.1) is 0 Å². The largest absolute Gasteiger partial charge is 0.396 e. The van der Waals surface area contributed by atoms with E-state index in [9.17, 15) is 0 Å². The lowest BCUT2D eigenvalue weighted by molar-refractivity contribution is 0.281. The highest BCUT2D eigenvalue weighted by atomic mass is 16.2. The topological polar surface area (TPSA) is 25.2 Å². The molecule has 1 aromatic heterocycles. The summed E-state index contributed by atoms with van der Waals surface area (Å²) in [6, 6.07) is 8.66. The third kappa shape index (κ3) is 2.21. The van der Waals surface area contributed by atoms with Crippen LogP contribution in [0.25, 0.3) is 10.9 Å². The smallest absolute Gasteiger partial charge is 0.0482 e. The van der Waals surface area contributed by atoms with Gasteiger partial charge in [0.25, 0.3) is 0 Å². The Morgan fingerprint density at radius 3 is 2.87 bits per heavy atom. The van der Waals surface area contributed by atoms with Gasteiger partial charge in [-0.2, -0.15) is 0 Å². The molecule has 0 bridgehead atoms. The lowest BCUT2D eigenvalue weighted by Gasteiger charge is -2.04. The maximum atomic E-state index is 8.74. The van der Waals surface area contributed by atoms with E-state index >= 15 is 0 Å². The second kappa shape index (κ2) is 4.49. The van der Waals surface area contributed by atoms with Gasteiger partial charge in [-0.15, -0.1) is 0 Å². The van der Waals surface area contributed by atoms with Gasteiger partial charge in [0, 0.05) is 24.9 Å². The summed E-state index contributed by atoms with van der Waals surface area (Å²) in [5.41, 5.74) is 2.59. The van der Waals surface area contributed by atoms with Gasteiger partial charge in [-0.05, 0) is 42.8 Å². The zero-order valence-electron chi connectivity index (χ0n) is 9.11. The van der Waals surface area contributed by atoms with Crippen LogP contribution in [0.1, 0.15) is 18.4 Å². The molecule has 0 spiro atoms. The number of hydrogen-bond acceptors (Lipinski definition) is 1. The summed E-state index contributed by atoms with van der Waals surface area (Å²) in [4.78, 5) is 0. The fraction of sp³-hybridized carbons (Fsp3) is 0.385. The van der Waals surface area contributed by atoms with Crippen molar-refractivity contribution in [2.45, 2.75) is 26.3 Å². The third-order valence-corrected chi connectivity index (χ3v) is 2.74. The number of unbranched alkanes of at least 4 members (excludes halogenated alkanes) is 1. The van der Waals surface area contributed by atoms with Crippen LogP contribution in [0.2, 0.25) is 0 Å². The van der Waals surface area contributed by atoms with Crippen LogP contribution in [0, 0.1) is 6.92 Å². The highest BCUT2D eigenvalue weighted by molar-refractivity contribution is 5.80. The van der Waals surface area contributed by atoms with E-state index in [0.29, 0.717) is 0 Å². The van der Waals surface area contributed by atoms with Gasteiger partial charge in [-0.25, -0.2) is 0 Å². The number of hydrogen-bond donors (Lipinski definition) is 1. The lowest BCUT2D eigenvalue weighted by Crippen LogP contribution is -1.97. The summed E-state index contributed by atoms with van der Waals surface area (Å²) in [7, 11) is 0. The van der Waals surface area contributed by atoms with E-state index in [1.165, 1.54) is 16.5 Å². The predicted molar refractivity (Wildman–Crippen MR) is 63.0 cm³/mol. The number of benzene rings is 1. The Morgan fingerprint density at radius 2 is 2.07 bits per heavy atom. The van der Waals surface area contributed by atoms with Gasteiger partial charge in [0.1, 0.15) is 0 Å². The van der Waals surface area contributed by atoms with E-state index in [-0.39, 0.29) is 6.61 Å². The monoisotopic (exact) mass is 203 g/mol. The van der Waals surface area contributed by atoms with E-state index in [4.69, 9.17) is 5.11 Å². The van der Waals surface area contributed by atoms with Crippen LogP contribution in [-0.4, -0.2) is 16.3 Å². The van der Waals surface area contributed by atoms with Gasteiger partial charge in [-0.1, -0.05) is 12.1 Å². The van der Waals surface area contributed by atoms with Crippen LogP contribution >= 0.6 is 0 Å². The minimum absolute atomic E-state index is 0.290. The van der Waals surface area contributed by atoms with Gasteiger partial charge >= 0.3 is 0 Å². The molecular weight excluding hydrogens is 186 g/mol. The molecule has 1 heterocycles. The van der Waals surface area contributed by atoms with Crippen molar-refractivity contribution in [3.63, 3.8) is 0 Å². The highest BCUT2D eigenvalue weighted by Gasteiger charge is 2.00. The average Bonchev–Trinajstić information content (AvgIpc) is 2.62. The van der Waals surface area contributed by atoms with Crippen LogP contribution in [0.4, 0.5) is 0 Å². The zero-order valence-corrected chi connectivity index (χ0v) is 9.11. The number of aromatic nitrogens is 1. The first-order valence-electron chi connectivity index (χ1n) is 5.47. The molecule has 0 radical (unpaired) electrons. The molecule has 0 fully saturated rings. The first kappa shape index (κ1) is 10.2. The summed E-state index contributed by atoms with van der Waals surface area (Å²) in [6.07, 6.45) is 4.04. The molecule has 2 nitrogen and oxygen atoms in total. The highest BCUT2D eigenvalue weighted by Crippen LogP contribution is 2.17. The van der Waals surface area contributed by atoms with Crippen molar-refractivity contribution < 1.29 is 5.11 Å². The molecule has 0 atom stereocenters. The van der Waals surface area contributed by atoms with Crippen LogP contribution in [0.3, 0.4) is 0 Å². The molecule has 2 rings (SSSR count). The number of fused-ring (bicyclic) bond motifs is 1. The number of aliphatic hydroxyl groups is 1. The fourth-order valence-corrected chi connectivity index (χ4v) is 1.88. The summed E-state index contributed by atoms with van der Waals surface area (Å²) < 4.78 is 2.26. The summed E-state index contributed by atoms with van der Waals surface area (Å²) in [6.45, 7) is 3.40. The average molecular weight is 203 g/mol. The first-order valence-corrected chi connectivity index (χ1v) is 5.47. The molecule has 0 aliphatic heterocycles. The maximum Gasteiger partial charge on any atom is 0.0482 e. The quantitative estimate of drug-likeness (QED) is 0.759. The standard InChI is InChI=1S/C13H17NO/c1-11-4-5-12-6-8-14(13(12)10-11)7-2-3-9-15/h4-6,8,10,15H,2-3,7,9H2,1H3.